The summed E-state index contributed by atoms with van der Waals surface area (Å²) in [6.45, 7) is 0. The van der Waals surface area contributed by atoms with Crippen molar-refractivity contribution in [3.8, 4) is 28.5 Å². The average molecular weight is 387 g/mol. The van der Waals surface area contributed by atoms with Gasteiger partial charge in [-0.25, -0.2) is 4.79 Å². The third kappa shape index (κ3) is 4.11. The Kier molecular flexibility index (Phi) is 5.37. The fourth-order valence-electron chi connectivity index (χ4n) is 1.96. The highest BCUT2D eigenvalue weighted by Crippen LogP contribution is 2.33. The van der Waals surface area contributed by atoms with Crippen LogP contribution in [0.15, 0.2) is 48.5 Å². The summed E-state index contributed by atoms with van der Waals surface area (Å²) in [6.07, 6.45) is 0. The number of methoxy groups -OCH3 is 1. The summed E-state index contributed by atoms with van der Waals surface area (Å²) in [5.74, 6) is 1.18. The zero-order valence-electron chi connectivity index (χ0n) is 13.4. The summed E-state index contributed by atoms with van der Waals surface area (Å²) in [4.78, 5) is 15.7. The first kappa shape index (κ1) is 17.7. The highest BCUT2D eigenvalue weighted by molar-refractivity contribution is 7.15. The van der Waals surface area contributed by atoms with Crippen molar-refractivity contribution in [3.63, 3.8) is 0 Å². The first-order valence-electron chi connectivity index (χ1n) is 7.29. The minimum absolute atomic E-state index is 0.0395. The Hall–Kier alpha value is -3.08. The Morgan fingerprint density at radius 1 is 1.04 bits per heavy atom. The smallest absolute Gasteiger partial charge is 0.351 e. The van der Waals surface area contributed by atoms with Crippen LogP contribution in [0, 0.1) is 11.3 Å². The van der Waals surface area contributed by atoms with Crippen LogP contribution >= 0.6 is 22.9 Å². The van der Waals surface area contributed by atoms with Crippen molar-refractivity contribution >= 4 is 28.9 Å². The molecule has 0 bridgehead atoms. The molecule has 0 saturated carbocycles. The van der Waals surface area contributed by atoms with Crippen molar-refractivity contribution in [2.75, 3.05) is 7.11 Å². The Bertz CT molecular complexity index is 962. The lowest BCUT2D eigenvalue weighted by Crippen LogP contribution is -1.98. The van der Waals surface area contributed by atoms with Crippen molar-refractivity contribution in [1.29, 1.82) is 5.26 Å². The number of esters is 1. The quantitative estimate of drug-likeness (QED) is 0.571. The number of halogens is 1. The van der Waals surface area contributed by atoms with Gasteiger partial charge < -0.3 is 14.2 Å². The van der Waals surface area contributed by atoms with Crippen LogP contribution < -0.4 is 9.47 Å². The summed E-state index contributed by atoms with van der Waals surface area (Å²) in [6, 6.07) is 15.7. The number of benzene rings is 2. The van der Waals surface area contributed by atoms with Gasteiger partial charge in [0.15, 0.2) is 10.0 Å². The predicted molar refractivity (Wildman–Crippen MR) is 96.2 cm³/mol. The molecule has 0 aliphatic carbocycles. The minimum Gasteiger partial charge on any atom is -0.465 e. The molecule has 0 spiro atoms. The van der Waals surface area contributed by atoms with Crippen molar-refractivity contribution in [2.24, 2.45) is 0 Å². The van der Waals surface area contributed by atoms with Gasteiger partial charge >= 0.3 is 5.97 Å². The fourth-order valence-corrected chi connectivity index (χ4v) is 3.02. The highest BCUT2D eigenvalue weighted by Gasteiger charge is 2.18. The maximum absolute atomic E-state index is 11.5. The van der Waals surface area contributed by atoms with Crippen molar-refractivity contribution in [2.45, 2.75) is 0 Å². The highest BCUT2D eigenvalue weighted by atomic mass is 35.5. The molecule has 6 nitrogen and oxygen atoms in total. The first-order chi connectivity index (χ1) is 12.6. The maximum atomic E-state index is 11.5. The topological polar surface area (TPSA) is 81.4 Å². The molecular formula is C18H11ClN2O4S. The van der Waals surface area contributed by atoms with E-state index in [9.17, 15) is 4.79 Å². The second kappa shape index (κ2) is 7.87. The van der Waals surface area contributed by atoms with E-state index < -0.39 is 5.97 Å². The number of aromatic nitrogens is 1. The van der Waals surface area contributed by atoms with Gasteiger partial charge in [-0.3, -0.25) is 0 Å². The Morgan fingerprint density at radius 3 is 2.12 bits per heavy atom. The van der Waals surface area contributed by atoms with Gasteiger partial charge in [0.1, 0.15) is 17.2 Å². The van der Waals surface area contributed by atoms with Gasteiger partial charge in [-0.05, 0) is 48.5 Å². The van der Waals surface area contributed by atoms with Gasteiger partial charge in [0.05, 0.1) is 18.7 Å². The van der Waals surface area contributed by atoms with Gasteiger partial charge in [0, 0.05) is 0 Å². The van der Waals surface area contributed by atoms with Gasteiger partial charge in [0.25, 0.3) is 5.19 Å². The standard InChI is InChI=1S/C18H11ClN2O4S/c1-23-17(22)15-16(19)21-18(26-15)25-14-8-6-13(7-9-14)24-12-4-2-11(10-20)3-5-12/h2-9H,1H3. The normalized spacial score (nSPS) is 10.0. The predicted octanol–water partition coefficient (Wildman–Crippen LogP) is 5.04. The second-order valence-electron chi connectivity index (χ2n) is 4.90. The largest absolute Gasteiger partial charge is 0.465 e. The van der Waals surface area contributed by atoms with E-state index in [1.54, 1.807) is 48.5 Å². The van der Waals surface area contributed by atoms with Crippen molar-refractivity contribution in [3.05, 3.63) is 64.1 Å². The van der Waals surface area contributed by atoms with Gasteiger partial charge in [0.2, 0.25) is 0 Å². The van der Waals surface area contributed by atoms with E-state index in [1.807, 2.05) is 6.07 Å². The zero-order chi connectivity index (χ0) is 18.5. The molecule has 0 radical (unpaired) electrons. The van der Waals surface area contributed by atoms with Crippen LogP contribution in [0.25, 0.3) is 0 Å². The van der Waals surface area contributed by atoms with Crippen molar-refractivity contribution in [1.82, 2.24) is 4.98 Å². The number of nitriles is 1. The van der Waals surface area contributed by atoms with Crippen LogP contribution in [0.2, 0.25) is 5.15 Å². The van der Waals surface area contributed by atoms with Crippen LogP contribution in [0.5, 0.6) is 22.4 Å². The molecule has 1 aromatic heterocycles. The van der Waals surface area contributed by atoms with Gasteiger partial charge in [-0.1, -0.05) is 22.9 Å². The summed E-state index contributed by atoms with van der Waals surface area (Å²) >= 11 is 6.90. The summed E-state index contributed by atoms with van der Waals surface area (Å²) in [7, 11) is 1.27. The van der Waals surface area contributed by atoms with Crippen LogP contribution in [-0.4, -0.2) is 18.1 Å². The first-order valence-corrected chi connectivity index (χ1v) is 8.49. The summed E-state index contributed by atoms with van der Waals surface area (Å²) < 4.78 is 15.9. The summed E-state index contributed by atoms with van der Waals surface area (Å²) in [5, 5.41) is 9.06. The van der Waals surface area contributed by atoms with Crippen LogP contribution in [0.3, 0.4) is 0 Å². The van der Waals surface area contributed by atoms with E-state index in [0.717, 1.165) is 11.3 Å². The molecule has 0 unspecified atom stereocenters. The molecular weight excluding hydrogens is 376 g/mol. The number of rotatable bonds is 5. The second-order valence-corrected chi connectivity index (χ2v) is 6.22. The lowest BCUT2D eigenvalue weighted by Gasteiger charge is -2.07. The minimum atomic E-state index is -0.562. The molecule has 0 aliphatic heterocycles. The lowest BCUT2D eigenvalue weighted by atomic mass is 10.2. The third-order valence-electron chi connectivity index (χ3n) is 3.18. The number of hydrogen-bond acceptors (Lipinski definition) is 7. The maximum Gasteiger partial charge on any atom is 0.351 e. The third-order valence-corrected chi connectivity index (χ3v) is 4.48. The molecule has 3 rings (SSSR count). The SMILES string of the molecule is COC(=O)c1sc(Oc2ccc(Oc3ccc(C#N)cc3)cc2)nc1Cl. The fraction of sp³-hybridized carbons (Fsp3) is 0.0556. The number of thiazole rings is 1. The lowest BCUT2D eigenvalue weighted by molar-refractivity contribution is 0.0606. The average Bonchev–Trinajstić information content (AvgIpc) is 3.03. The number of carbonyl (C=O) groups is 1. The monoisotopic (exact) mass is 386 g/mol. The zero-order valence-corrected chi connectivity index (χ0v) is 15.0. The molecule has 8 heteroatoms. The molecule has 0 saturated heterocycles. The van der Waals surface area contributed by atoms with Gasteiger partial charge in [-0.15, -0.1) is 0 Å². The molecule has 0 N–H and O–H groups in total. The summed E-state index contributed by atoms with van der Waals surface area (Å²) in [5.41, 5.74) is 0.564. The molecule has 0 amide bonds. The Balaban J connectivity index is 1.68. The Labute approximate surface area is 158 Å². The van der Waals surface area contributed by atoms with Crippen LogP contribution in [0.1, 0.15) is 15.2 Å². The molecule has 1 heterocycles. The van der Waals surface area contributed by atoms with E-state index in [-0.39, 0.29) is 15.2 Å². The number of hydrogen-bond donors (Lipinski definition) is 0. The Morgan fingerprint density at radius 2 is 1.58 bits per heavy atom. The number of nitrogens with zero attached hydrogens (tertiary/aromatic N) is 2. The molecule has 130 valence electrons. The van der Waals surface area contributed by atoms with Crippen LogP contribution in [0.4, 0.5) is 0 Å². The van der Waals surface area contributed by atoms with E-state index in [1.165, 1.54) is 7.11 Å². The van der Waals surface area contributed by atoms with E-state index in [0.29, 0.717) is 22.8 Å². The molecule has 0 atom stereocenters. The molecule has 0 fully saturated rings. The van der Waals surface area contributed by atoms with E-state index >= 15 is 0 Å². The van der Waals surface area contributed by atoms with Crippen LogP contribution in [-0.2, 0) is 4.74 Å². The van der Waals surface area contributed by atoms with Gasteiger partial charge in [-0.2, -0.15) is 10.2 Å². The molecule has 0 aliphatic rings. The van der Waals surface area contributed by atoms with E-state index in [2.05, 4.69) is 9.72 Å². The van der Waals surface area contributed by atoms with Crippen molar-refractivity contribution < 1.29 is 19.0 Å². The number of ether oxygens (including phenoxy) is 3. The van der Waals surface area contributed by atoms with E-state index in [4.69, 9.17) is 26.3 Å². The molecule has 26 heavy (non-hydrogen) atoms. The molecule has 2 aromatic carbocycles. The molecule has 3 aromatic rings. The number of carbonyl (C=O) groups excluding carboxylic acids is 1.